The molecular formula is C20H23N7O. The van der Waals surface area contributed by atoms with Gasteiger partial charge in [0.25, 0.3) is 0 Å². The van der Waals surface area contributed by atoms with Crippen LogP contribution in [0.25, 0.3) is 0 Å². The maximum absolute atomic E-state index is 5.19. The summed E-state index contributed by atoms with van der Waals surface area (Å²) in [5, 5.41) is 3.29. The number of aromatic nitrogens is 4. The number of nitrogens with one attached hydrogen (secondary N) is 1. The van der Waals surface area contributed by atoms with Crippen molar-refractivity contribution in [2.75, 3.05) is 48.4 Å². The van der Waals surface area contributed by atoms with E-state index in [1.165, 1.54) is 0 Å². The fourth-order valence-electron chi connectivity index (χ4n) is 3.13. The molecule has 0 saturated carbocycles. The quantitative estimate of drug-likeness (QED) is 0.700. The monoisotopic (exact) mass is 377 g/mol. The first kappa shape index (κ1) is 18.0. The third kappa shape index (κ3) is 4.28. The molecular weight excluding hydrogens is 354 g/mol. The molecule has 144 valence electrons. The van der Waals surface area contributed by atoms with E-state index in [0.717, 1.165) is 49.3 Å². The summed E-state index contributed by atoms with van der Waals surface area (Å²) < 4.78 is 5.19. The number of nitrogens with zero attached hydrogens (tertiary/aromatic N) is 6. The molecule has 1 aliphatic heterocycles. The van der Waals surface area contributed by atoms with Crippen LogP contribution >= 0.6 is 0 Å². The fraction of sp³-hybridized carbons (Fsp3) is 0.300. The first-order valence-electron chi connectivity index (χ1n) is 9.28. The molecule has 8 heteroatoms. The molecule has 0 amide bonds. The number of hydrogen-bond acceptors (Lipinski definition) is 8. The van der Waals surface area contributed by atoms with Gasteiger partial charge in [0, 0.05) is 51.3 Å². The van der Waals surface area contributed by atoms with E-state index in [2.05, 4.69) is 35.1 Å². The summed E-state index contributed by atoms with van der Waals surface area (Å²) in [6, 6.07) is 11.7. The molecule has 0 aliphatic carbocycles. The number of anilines is 3. The Bertz CT molecular complexity index is 881. The highest BCUT2D eigenvalue weighted by Crippen LogP contribution is 2.17. The van der Waals surface area contributed by atoms with E-state index in [1.54, 1.807) is 25.7 Å². The van der Waals surface area contributed by atoms with Crippen molar-refractivity contribution in [3.05, 3.63) is 60.6 Å². The largest absolute Gasteiger partial charge is 0.497 e. The van der Waals surface area contributed by atoms with Crippen LogP contribution in [0, 0.1) is 0 Å². The third-order valence-corrected chi connectivity index (χ3v) is 4.69. The number of ether oxygens (including phenoxy) is 1. The van der Waals surface area contributed by atoms with Crippen LogP contribution in [0.1, 0.15) is 5.56 Å². The predicted molar refractivity (Wildman–Crippen MR) is 109 cm³/mol. The molecule has 0 spiro atoms. The van der Waals surface area contributed by atoms with E-state index >= 15 is 0 Å². The lowest BCUT2D eigenvalue weighted by molar-refractivity contribution is 0.414. The number of rotatable bonds is 6. The smallest absolute Gasteiger partial charge is 0.225 e. The van der Waals surface area contributed by atoms with Gasteiger partial charge < -0.3 is 19.9 Å². The van der Waals surface area contributed by atoms with E-state index in [-0.39, 0.29) is 0 Å². The van der Waals surface area contributed by atoms with E-state index in [0.29, 0.717) is 12.5 Å². The number of piperazine rings is 1. The van der Waals surface area contributed by atoms with Crippen molar-refractivity contribution in [2.24, 2.45) is 0 Å². The van der Waals surface area contributed by atoms with Crippen molar-refractivity contribution in [1.29, 1.82) is 0 Å². The Labute approximate surface area is 164 Å². The second kappa shape index (κ2) is 8.51. The maximum atomic E-state index is 5.19. The lowest BCUT2D eigenvalue weighted by Crippen LogP contribution is -2.47. The van der Waals surface area contributed by atoms with Crippen LogP contribution in [0.15, 0.2) is 55.0 Å². The second-order valence-electron chi connectivity index (χ2n) is 6.46. The van der Waals surface area contributed by atoms with Gasteiger partial charge in [-0.05, 0) is 29.8 Å². The summed E-state index contributed by atoms with van der Waals surface area (Å²) >= 11 is 0. The van der Waals surface area contributed by atoms with Crippen LogP contribution < -0.4 is 19.9 Å². The Morgan fingerprint density at radius 2 is 1.61 bits per heavy atom. The summed E-state index contributed by atoms with van der Waals surface area (Å²) in [7, 11) is 1.67. The molecule has 1 aromatic carbocycles. The Hall–Kier alpha value is -3.42. The molecule has 2 aromatic heterocycles. The van der Waals surface area contributed by atoms with Gasteiger partial charge in [-0.1, -0.05) is 12.1 Å². The molecule has 0 bridgehead atoms. The molecule has 8 nitrogen and oxygen atoms in total. The van der Waals surface area contributed by atoms with Crippen molar-refractivity contribution in [1.82, 2.24) is 19.9 Å². The van der Waals surface area contributed by atoms with Crippen molar-refractivity contribution in [3.8, 4) is 5.75 Å². The van der Waals surface area contributed by atoms with Gasteiger partial charge in [0.05, 0.1) is 7.11 Å². The van der Waals surface area contributed by atoms with Gasteiger partial charge in [-0.2, -0.15) is 4.98 Å². The van der Waals surface area contributed by atoms with Gasteiger partial charge in [0.15, 0.2) is 0 Å². The van der Waals surface area contributed by atoms with Crippen molar-refractivity contribution >= 4 is 17.7 Å². The van der Waals surface area contributed by atoms with Gasteiger partial charge in [0.1, 0.15) is 11.6 Å². The average Bonchev–Trinajstić information content (AvgIpc) is 2.79. The molecule has 4 rings (SSSR count). The Balaban J connectivity index is 1.34. The van der Waals surface area contributed by atoms with Gasteiger partial charge >= 0.3 is 0 Å². The number of benzene rings is 1. The van der Waals surface area contributed by atoms with Crippen molar-refractivity contribution in [2.45, 2.75) is 6.54 Å². The Morgan fingerprint density at radius 3 is 2.32 bits per heavy atom. The van der Waals surface area contributed by atoms with Gasteiger partial charge in [-0.3, -0.25) is 0 Å². The second-order valence-corrected chi connectivity index (χ2v) is 6.46. The minimum atomic E-state index is 0.627. The molecule has 3 heterocycles. The average molecular weight is 377 g/mol. The standard InChI is InChI=1S/C20H23N7O/c1-28-17-5-3-16(4-6-17)15-24-19-21-10-7-18(25-19)26-11-13-27(14-12-26)20-22-8-2-9-23-20/h2-10H,11-15H2,1H3,(H,21,24,25). The van der Waals surface area contributed by atoms with Gasteiger partial charge in [-0.25, -0.2) is 15.0 Å². The van der Waals surface area contributed by atoms with Crippen LogP contribution in [-0.2, 0) is 6.54 Å². The van der Waals surface area contributed by atoms with Crippen LogP contribution in [0.4, 0.5) is 17.7 Å². The highest BCUT2D eigenvalue weighted by molar-refractivity contribution is 5.45. The summed E-state index contributed by atoms with van der Waals surface area (Å²) in [5.74, 6) is 3.19. The molecule has 1 saturated heterocycles. The molecule has 0 unspecified atom stereocenters. The summed E-state index contributed by atoms with van der Waals surface area (Å²) in [4.78, 5) is 22.1. The number of hydrogen-bond donors (Lipinski definition) is 1. The Morgan fingerprint density at radius 1 is 0.893 bits per heavy atom. The zero-order valence-electron chi connectivity index (χ0n) is 15.8. The molecule has 0 radical (unpaired) electrons. The molecule has 1 fully saturated rings. The van der Waals surface area contributed by atoms with Gasteiger partial charge in [0.2, 0.25) is 11.9 Å². The van der Waals surface area contributed by atoms with E-state index in [4.69, 9.17) is 4.74 Å². The maximum Gasteiger partial charge on any atom is 0.225 e. The molecule has 1 aliphatic rings. The van der Waals surface area contributed by atoms with Crippen LogP contribution in [0.2, 0.25) is 0 Å². The van der Waals surface area contributed by atoms with Crippen molar-refractivity contribution in [3.63, 3.8) is 0 Å². The highest BCUT2D eigenvalue weighted by atomic mass is 16.5. The SMILES string of the molecule is COc1ccc(CNc2nccc(N3CCN(c4ncccn4)CC3)n2)cc1. The molecule has 28 heavy (non-hydrogen) atoms. The normalized spacial score (nSPS) is 14.0. The Kier molecular flexibility index (Phi) is 5.46. The topological polar surface area (TPSA) is 79.3 Å². The van der Waals surface area contributed by atoms with Crippen LogP contribution in [-0.4, -0.2) is 53.2 Å². The summed E-state index contributed by atoms with van der Waals surface area (Å²) in [5.41, 5.74) is 1.14. The third-order valence-electron chi connectivity index (χ3n) is 4.69. The number of methoxy groups -OCH3 is 1. The van der Waals surface area contributed by atoms with E-state index in [1.807, 2.05) is 36.4 Å². The predicted octanol–water partition coefficient (Wildman–Crippen LogP) is 2.21. The van der Waals surface area contributed by atoms with Crippen LogP contribution in [0.3, 0.4) is 0 Å². The van der Waals surface area contributed by atoms with Crippen LogP contribution in [0.5, 0.6) is 5.75 Å². The summed E-state index contributed by atoms with van der Waals surface area (Å²) in [6.07, 6.45) is 5.35. The lowest BCUT2D eigenvalue weighted by atomic mass is 10.2. The van der Waals surface area contributed by atoms with Crippen molar-refractivity contribution < 1.29 is 4.74 Å². The molecule has 1 N–H and O–H groups in total. The minimum Gasteiger partial charge on any atom is -0.497 e. The fourth-order valence-corrected chi connectivity index (χ4v) is 3.13. The molecule has 0 atom stereocenters. The van der Waals surface area contributed by atoms with E-state index < -0.39 is 0 Å². The first-order chi connectivity index (χ1) is 13.8. The highest BCUT2D eigenvalue weighted by Gasteiger charge is 2.20. The summed E-state index contributed by atoms with van der Waals surface area (Å²) in [6.45, 7) is 4.12. The first-order valence-corrected chi connectivity index (χ1v) is 9.28. The lowest BCUT2D eigenvalue weighted by Gasteiger charge is -2.35. The minimum absolute atomic E-state index is 0.627. The zero-order valence-corrected chi connectivity index (χ0v) is 15.8. The molecule has 3 aromatic rings. The van der Waals surface area contributed by atoms with Gasteiger partial charge in [-0.15, -0.1) is 0 Å². The van der Waals surface area contributed by atoms with E-state index in [9.17, 15) is 0 Å². The zero-order chi connectivity index (χ0) is 19.2.